The van der Waals surface area contributed by atoms with E-state index in [1.54, 1.807) is 6.07 Å². The SMILES string of the molecule is CC1(C)OB(c2c(F)cccc2-c2nc(-c3ccc(-c4ccccc4)cc3)nc(-n3c4ccccc4c4ccc5c6ccccc6n(-c6cccc(-c7ccccc7)c6)c5c43)n2)OC1(C)C. The number of benzene rings is 8. The van der Waals surface area contributed by atoms with Crippen molar-refractivity contribution in [2.24, 2.45) is 0 Å². The van der Waals surface area contributed by atoms with Crippen molar-refractivity contribution in [3.63, 3.8) is 0 Å². The maximum Gasteiger partial charge on any atom is 0.498 e. The van der Waals surface area contributed by atoms with Crippen molar-refractivity contribution >= 4 is 56.2 Å². The van der Waals surface area contributed by atoms with E-state index in [2.05, 4.69) is 137 Å². The molecule has 8 aromatic carbocycles. The van der Waals surface area contributed by atoms with Gasteiger partial charge in [0.25, 0.3) is 0 Å². The zero-order valence-electron chi connectivity index (χ0n) is 36.9. The molecule has 318 valence electrons. The number of nitrogens with zero attached hydrogens (tertiary/aromatic N) is 5. The Balaban J connectivity index is 1.16. The van der Waals surface area contributed by atoms with Crippen molar-refractivity contribution in [2.75, 3.05) is 0 Å². The predicted molar refractivity (Wildman–Crippen MR) is 266 cm³/mol. The molecule has 0 saturated carbocycles. The Morgan fingerprint density at radius 3 is 1.59 bits per heavy atom. The lowest BCUT2D eigenvalue weighted by molar-refractivity contribution is 0.00578. The van der Waals surface area contributed by atoms with Crippen molar-refractivity contribution in [1.29, 1.82) is 0 Å². The monoisotopic (exact) mass is 859 g/mol. The van der Waals surface area contributed by atoms with Gasteiger partial charge in [-0.2, -0.15) is 9.97 Å². The van der Waals surface area contributed by atoms with Crippen molar-refractivity contribution in [3.05, 3.63) is 194 Å². The van der Waals surface area contributed by atoms with Crippen LogP contribution in [-0.2, 0) is 9.31 Å². The first-order valence-electron chi connectivity index (χ1n) is 22.3. The molecule has 1 saturated heterocycles. The summed E-state index contributed by atoms with van der Waals surface area (Å²) in [5.74, 6) is 0.649. The highest BCUT2D eigenvalue weighted by Gasteiger charge is 2.53. The summed E-state index contributed by atoms with van der Waals surface area (Å²) in [4.78, 5) is 15.9. The van der Waals surface area contributed by atoms with Crippen molar-refractivity contribution in [1.82, 2.24) is 24.1 Å². The number of aromatic nitrogens is 5. The van der Waals surface area contributed by atoms with E-state index < -0.39 is 24.1 Å². The summed E-state index contributed by atoms with van der Waals surface area (Å²) < 4.78 is 34.0. The molecular formula is C57H43BFN5O2. The van der Waals surface area contributed by atoms with Crippen LogP contribution in [0.2, 0.25) is 0 Å². The van der Waals surface area contributed by atoms with Gasteiger partial charge in [-0.3, -0.25) is 4.57 Å². The van der Waals surface area contributed by atoms with Gasteiger partial charge >= 0.3 is 7.12 Å². The number of hydrogen-bond acceptors (Lipinski definition) is 5. The second kappa shape index (κ2) is 15.2. The number of rotatable bonds is 7. The van der Waals surface area contributed by atoms with E-state index in [1.165, 1.54) is 6.07 Å². The van der Waals surface area contributed by atoms with Crippen LogP contribution in [0.25, 0.3) is 100 Å². The second-order valence-corrected chi connectivity index (χ2v) is 18.0. The van der Waals surface area contributed by atoms with E-state index in [4.69, 9.17) is 24.3 Å². The number of para-hydroxylation sites is 2. The summed E-state index contributed by atoms with van der Waals surface area (Å²) in [6.45, 7) is 7.86. The highest BCUT2D eigenvalue weighted by atomic mass is 19.1. The van der Waals surface area contributed by atoms with Crippen LogP contribution >= 0.6 is 0 Å². The van der Waals surface area contributed by atoms with Crippen LogP contribution in [0.1, 0.15) is 27.7 Å². The maximum absolute atomic E-state index is 16.5. The standard InChI is InChI=1S/C57H43BFN5O2/c1-56(2)57(3,4)66-58(65-56)50-46(25-16-26-47(50)59)54-60-53(39-31-29-38(30-32-39)36-17-7-5-8-18-36)61-55(62-54)64-49-28-14-12-24-43(49)45-34-33-44-42-23-11-13-27-48(42)63(51(44)52(45)64)41-22-15-21-40(35-41)37-19-9-6-10-20-37/h5-35H,1-4H3. The smallest absolute Gasteiger partial charge is 0.399 e. The molecule has 0 unspecified atom stereocenters. The topological polar surface area (TPSA) is 67.0 Å². The van der Waals surface area contributed by atoms with E-state index in [0.29, 0.717) is 23.2 Å². The van der Waals surface area contributed by atoms with Gasteiger partial charge in [-0.1, -0.05) is 158 Å². The maximum atomic E-state index is 16.5. The molecule has 4 heterocycles. The number of fused-ring (bicyclic) bond motifs is 7. The molecule has 7 nitrogen and oxygen atoms in total. The first-order chi connectivity index (χ1) is 32.1. The van der Waals surface area contributed by atoms with Crippen LogP contribution in [0, 0.1) is 5.82 Å². The third-order valence-electron chi connectivity index (χ3n) is 13.5. The van der Waals surface area contributed by atoms with Gasteiger partial charge < -0.3 is 13.9 Å². The zero-order valence-corrected chi connectivity index (χ0v) is 36.9. The lowest BCUT2D eigenvalue weighted by atomic mass is 9.75. The minimum Gasteiger partial charge on any atom is -0.399 e. The Labute approximate surface area is 381 Å². The van der Waals surface area contributed by atoms with Crippen LogP contribution in [0.15, 0.2) is 188 Å². The quantitative estimate of drug-likeness (QED) is 0.149. The summed E-state index contributed by atoms with van der Waals surface area (Å²) >= 11 is 0. The number of hydrogen-bond donors (Lipinski definition) is 0. The first-order valence-corrected chi connectivity index (χ1v) is 22.3. The molecule has 1 aliphatic rings. The van der Waals surface area contributed by atoms with Crippen molar-refractivity contribution < 1.29 is 13.7 Å². The molecule has 0 amide bonds. The van der Waals surface area contributed by atoms with Gasteiger partial charge in [0.15, 0.2) is 11.6 Å². The van der Waals surface area contributed by atoms with Gasteiger partial charge in [-0.25, -0.2) is 9.37 Å². The molecule has 0 spiro atoms. The van der Waals surface area contributed by atoms with Crippen LogP contribution in [-0.4, -0.2) is 42.4 Å². The molecular weight excluding hydrogens is 816 g/mol. The second-order valence-electron chi connectivity index (χ2n) is 18.0. The largest absolute Gasteiger partial charge is 0.498 e. The first kappa shape index (κ1) is 39.8. The molecule has 0 radical (unpaired) electrons. The van der Waals surface area contributed by atoms with Crippen LogP contribution in [0.3, 0.4) is 0 Å². The Morgan fingerprint density at radius 1 is 0.439 bits per heavy atom. The highest BCUT2D eigenvalue weighted by molar-refractivity contribution is 6.64. The average molecular weight is 860 g/mol. The summed E-state index contributed by atoms with van der Waals surface area (Å²) in [6.07, 6.45) is 0. The van der Waals surface area contributed by atoms with E-state index in [9.17, 15) is 0 Å². The summed E-state index contributed by atoms with van der Waals surface area (Å²) in [5.41, 5.74) is 9.44. The Kier molecular flexibility index (Phi) is 9.17. The van der Waals surface area contributed by atoms with E-state index in [1.807, 2.05) is 76.2 Å². The molecule has 3 aromatic heterocycles. The van der Waals surface area contributed by atoms with Crippen molar-refractivity contribution in [2.45, 2.75) is 38.9 Å². The third kappa shape index (κ3) is 6.37. The molecule has 0 aliphatic carbocycles. The fourth-order valence-electron chi connectivity index (χ4n) is 9.52. The van der Waals surface area contributed by atoms with Gasteiger partial charge in [0.05, 0.1) is 33.3 Å². The van der Waals surface area contributed by atoms with Crippen LogP contribution in [0.4, 0.5) is 4.39 Å². The van der Waals surface area contributed by atoms with Gasteiger partial charge in [-0.05, 0) is 80.3 Å². The minimum atomic E-state index is -1.00. The lowest BCUT2D eigenvalue weighted by Crippen LogP contribution is -2.41. The predicted octanol–water partition coefficient (Wildman–Crippen LogP) is 13.2. The van der Waals surface area contributed by atoms with E-state index in [0.717, 1.165) is 77.1 Å². The fraction of sp³-hybridized carbons (Fsp3) is 0.105. The Hall–Kier alpha value is -7.72. The Bertz CT molecular complexity index is 3660. The lowest BCUT2D eigenvalue weighted by Gasteiger charge is -2.32. The van der Waals surface area contributed by atoms with Gasteiger partial charge in [0.2, 0.25) is 5.95 Å². The molecule has 0 N–H and O–H groups in total. The van der Waals surface area contributed by atoms with Crippen molar-refractivity contribution in [3.8, 4) is 56.7 Å². The molecule has 9 heteroatoms. The summed E-state index contributed by atoms with van der Waals surface area (Å²) in [7, 11) is -1.00. The van der Waals surface area contributed by atoms with Gasteiger partial charge in [-0.15, -0.1) is 0 Å². The Morgan fingerprint density at radius 2 is 0.939 bits per heavy atom. The molecule has 1 fully saturated rings. The molecule has 66 heavy (non-hydrogen) atoms. The summed E-state index contributed by atoms with van der Waals surface area (Å²) in [6, 6.07) is 64.0. The van der Waals surface area contributed by atoms with Crippen LogP contribution < -0.4 is 5.46 Å². The summed E-state index contributed by atoms with van der Waals surface area (Å²) in [5, 5.41) is 4.30. The fourth-order valence-corrected chi connectivity index (χ4v) is 9.52. The van der Waals surface area contributed by atoms with Gasteiger partial charge in [0.1, 0.15) is 5.82 Å². The zero-order chi connectivity index (χ0) is 44.7. The van der Waals surface area contributed by atoms with Gasteiger partial charge in [0, 0.05) is 43.8 Å². The normalized spacial score (nSPS) is 14.5. The van der Waals surface area contributed by atoms with E-state index in [-0.39, 0.29) is 5.46 Å². The molecule has 12 rings (SSSR count). The highest BCUT2D eigenvalue weighted by Crippen LogP contribution is 2.43. The molecule has 1 aliphatic heterocycles. The third-order valence-corrected chi connectivity index (χ3v) is 13.5. The number of halogens is 1. The molecule has 0 atom stereocenters. The van der Waals surface area contributed by atoms with E-state index >= 15 is 4.39 Å². The molecule has 11 aromatic rings. The van der Waals surface area contributed by atoms with Crippen LogP contribution in [0.5, 0.6) is 0 Å². The molecule has 0 bridgehead atoms. The minimum absolute atomic E-state index is 0.238. The average Bonchev–Trinajstić information content (AvgIpc) is 3.95.